The molecule has 2 aromatic rings. The maximum atomic E-state index is 15.4. The molecular weight excluding hydrogens is 927 g/mol. The third-order valence-electron chi connectivity index (χ3n) is 24.3. The van der Waals surface area contributed by atoms with Crippen LogP contribution >= 0.6 is 0 Å². The van der Waals surface area contributed by atoms with Gasteiger partial charge in [0.1, 0.15) is 11.6 Å². The summed E-state index contributed by atoms with van der Waals surface area (Å²) in [5.41, 5.74) is 5.77. The number of halogens is 2. The van der Waals surface area contributed by atoms with E-state index < -0.39 is 0 Å². The van der Waals surface area contributed by atoms with Crippen LogP contribution in [0.3, 0.4) is 0 Å². The predicted molar refractivity (Wildman–Crippen MR) is 323 cm³/mol. The standard InChI is InChI=1S/C37H59F.C37H57F/c2*1-3-5-6-7-28-10-14-30(15-11-28)31-16-18-33(19-17-31)35-24-25-36(37(38)26-35)34-22-20-32(21-23-34)29-12-8-27(4-2)9-13-29/h24-34H,3-23H2,1-2H3;22,24-33H,3-21,23H2,1-2H3. The van der Waals surface area contributed by atoms with Gasteiger partial charge in [-0.3, -0.25) is 0 Å². The van der Waals surface area contributed by atoms with E-state index >= 15 is 8.78 Å². The molecule has 8 aliphatic carbocycles. The van der Waals surface area contributed by atoms with Gasteiger partial charge in [-0.2, -0.15) is 0 Å². The Labute approximate surface area is 468 Å². The maximum absolute atomic E-state index is 15.4. The van der Waals surface area contributed by atoms with Crippen LogP contribution in [0, 0.1) is 82.6 Å². The van der Waals surface area contributed by atoms with Gasteiger partial charge in [0.25, 0.3) is 0 Å². The van der Waals surface area contributed by atoms with Gasteiger partial charge in [0, 0.05) is 5.56 Å². The second-order valence-electron chi connectivity index (χ2n) is 28.6. The summed E-state index contributed by atoms with van der Waals surface area (Å²) in [4.78, 5) is 0. The van der Waals surface area contributed by atoms with Crippen LogP contribution < -0.4 is 0 Å². The molecule has 0 aliphatic heterocycles. The number of hydrogen-bond donors (Lipinski definition) is 0. The lowest BCUT2D eigenvalue weighted by atomic mass is 9.67. The van der Waals surface area contributed by atoms with Crippen molar-refractivity contribution < 1.29 is 8.78 Å². The molecule has 0 radical (unpaired) electrons. The van der Waals surface area contributed by atoms with Crippen LogP contribution in [-0.4, -0.2) is 0 Å². The Morgan fingerprint density at radius 3 is 1.09 bits per heavy atom. The van der Waals surface area contributed by atoms with Crippen molar-refractivity contribution in [3.8, 4) is 0 Å². The number of unbranched alkanes of at least 4 members (excludes halogenated alkanes) is 4. The van der Waals surface area contributed by atoms with Crippen LogP contribution in [0.25, 0.3) is 5.57 Å². The van der Waals surface area contributed by atoms with Gasteiger partial charge in [-0.15, -0.1) is 0 Å². The summed E-state index contributed by atoms with van der Waals surface area (Å²) < 4.78 is 30.8. The third-order valence-corrected chi connectivity index (χ3v) is 24.3. The first-order chi connectivity index (χ1) is 37.3. The molecule has 76 heavy (non-hydrogen) atoms. The molecular formula is C74H116F2. The molecule has 0 bridgehead atoms. The fourth-order valence-electron chi connectivity index (χ4n) is 18.8. The lowest BCUT2D eigenvalue weighted by molar-refractivity contribution is 0.155. The zero-order valence-corrected chi connectivity index (χ0v) is 49.9. The SMILES string of the molecule is CCCCCC1CCC(C2CCC(c3ccc(C4=CCC(C5CCC(CC)CC5)CC4)c(F)c3)CC2)CC1.CCCCCC1CCC(C2CCC(c3ccc(C4CCC(C5CCC(CC)CC5)CC4)c(F)c3)CC2)CC1. The molecule has 8 aliphatic rings. The van der Waals surface area contributed by atoms with E-state index in [1.807, 2.05) is 12.1 Å². The van der Waals surface area contributed by atoms with Gasteiger partial charge < -0.3 is 0 Å². The molecule has 1 unspecified atom stereocenters. The minimum absolute atomic E-state index is 0.0409. The van der Waals surface area contributed by atoms with Gasteiger partial charge in [-0.1, -0.05) is 174 Å². The highest BCUT2D eigenvalue weighted by Gasteiger charge is 2.36. The van der Waals surface area contributed by atoms with E-state index in [1.54, 1.807) is 0 Å². The van der Waals surface area contributed by atoms with Crippen molar-refractivity contribution in [2.75, 3.05) is 0 Å². The number of benzene rings is 2. The molecule has 2 aromatic carbocycles. The molecule has 0 N–H and O–H groups in total. The van der Waals surface area contributed by atoms with Crippen LogP contribution in [0.5, 0.6) is 0 Å². The summed E-state index contributed by atoms with van der Waals surface area (Å²) in [5, 5.41) is 0. The molecule has 2 heteroatoms. The first-order valence-corrected chi connectivity index (χ1v) is 34.6. The van der Waals surface area contributed by atoms with Gasteiger partial charge in [0.15, 0.2) is 0 Å². The summed E-state index contributed by atoms with van der Waals surface area (Å²) in [6, 6.07) is 12.8. The number of hydrogen-bond acceptors (Lipinski definition) is 0. The first-order valence-electron chi connectivity index (χ1n) is 34.6. The summed E-state index contributed by atoms with van der Waals surface area (Å²) >= 11 is 0. The lowest BCUT2D eigenvalue weighted by Gasteiger charge is -2.38. The summed E-state index contributed by atoms with van der Waals surface area (Å²) in [5.74, 6) is 13.2. The first kappa shape index (κ1) is 58.7. The minimum Gasteiger partial charge on any atom is -0.207 e. The van der Waals surface area contributed by atoms with E-state index in [0.29, 0.717) is 17.8 Å². The second kappa shape index (κ2) is 30.2. The molecule has 7 saturated carbocycles. The van der Waals surface area contributed by atoms with Crippen LogP contribution in [0.15, 0.2) is 42.5 Å². The van der Waals surface area contributed by atoms with Gasteiger partial charge in [0.05, 0.1) is 0 Å². The summed E-state index contributed by atoms with van der Waals surface area (Å²) in [6.45, 7) is 9.35. The molecule has 0 spiro atoms. The zero-order valence-electron chi connectivity index (χ0n) is 49.9. The zero-order chi connectivity index (χ0) is 52.6. The van der Waals surface area contributed by atoms with Gasteiger partial charge in [0.2, 0.25) is 0 Å². The monoisotopic (exact) mass is 1040 g/mol. The maximum Gasteiger partial charge on any atom is 0.130 e. The van der Waals surface area contributed by atoms with Crippen LogP contribution in [0.4, 0.5) is 8.78 Å². The van der Waals surface area contributed by atoms with Crippen molar-refractivity contribution in [3.05, 3.63) is 76.4 Å². The normalized spacial score (nSPS) is 35.7. The molecule has 1 atom stereocenters. The van der Waals surface area contributed by atoms with E-state index in [-0.39, 0.29) is 11.6 Å². The average molecular weight is 1040 g/mol. The topological polar surface area (TPSA) is 0 Å². The van der Waals surface area contributed by atoms with Crippen molar-refractivity contribution in [1.82, 2.24) is 0 Å². The van der Waals surface area contributed by atoms with Crippen LogP contribution in [-0.2, 0) is 0 Å². The molecule has 7 fully saturated rings. The predicted octanol–water partition coefficient (Wildman–Crippen LogP) is 23.9. The Hall–Kier alpha value is -1.96. The fraction of sp³-hybridized carbons (Fsp3) is 0.811. The van der Waals surface area contributed by atoms with Gasteiger partial charge in [-0.25, -0.2) is 8.78 Å². The molecule has 10 rings (SSSR count). The Morgan fingerprint density at radius 2 is 0.724 bits per heavy atom. The van der Waals surface area contributed by atoms with Gasteiger partial charge in [-0.05, 0) is 271 Å². The van der Waals surface area contributed by atoms with E-state index in [9.17, 15) is 0 Å². The fourth-order valence-corrected chi connectivity index (χ4v) is 18.8. The molecule has 0 amide bonds. The Bertz CT molecular complexity index is 1970. The molecule has 0 aromatic heterocycles. The minimum atomic E-state index is 0.0409. The van der Waals surface area contributed by atoms with E-state index in [1.165, 1.54) is 274 Å². The van der Waals surface area contributed by atoms with Gasteiger partial charge >= 0.3 is 0 Å². The Balaban J connectivity index is 0.000000186. The van der Waals surface area contributed by atoms with Crippen LogP contribution in [0.1, 0.15) is 331 Å². The van der Waals surface area contributed by atoms with Crippen molar-refractivity contribution in [1.29, 1.82) is 0 Å². The van der Waals surface area contributed by atoms with Crippen molar-refractivity contribution in [3.63, 3.8) is 0 Å². The lowest BCUT2D eigenvalue weighted by Crippen LogP contribution is -2.26. The highest BCUT2D eigenvalue weighted by atomic mass is 19.1. The summed E-state index contributed by atoms with van der Waals surface area (Å²) in [6.07, 6.45) is 59.2. The largest absolute Gasteiger partial charge is 0.207 e. The van der Waals surface area contributed by atoms with E-state index in [4.69, 9.17) is 0 Å². The van der Waals surface area contributed by atoms with Crippen LogP contribution in [0.2, 0.25) is 0 Å². The molecule has 426 valence electrons. The smallest absolute Gasteiger partial charge is 0.130 e. The average Bonchev–Trinajstić information content (AvgIpc) is 3.48. The molecule has 0 nitrogen and oxygen atoms in total. The van der Waals surface area contributed by atoms with Crippen molar-refractivity contribution >= 4 is 5.57 Å². The third kappa shape index (κ3) is 16.1. The van der Waals surface area contributed by atoms with E-state index in [2.05, 4.69) is 58.0 Å². The number of rotatable bonds is 18. The quantitative estimate of drug-likeness (QED) is 0.131. The number of allylic oxidation sites excluding steroid dienone is 2. The highest BCUT2D eigenvalue weighted by molar-refractivity contribution is 5.67. The molecule has 0 saturated heterocycles. The Kier molecular flexibility index (Phi) is 23.3. The van der Waals surface area contributed by atoms with E-state index in [0.717, 1.165) is 88.6 Å². The van der Waals surface area contributed by atoms with Crippen molar-refractivity contribution in [2.24, 2.45) is 71.0 Å². The molecule has 0 heterocycles. The van der Waals surface area contributed by atoms with Crippen molar-refractivity contribution in [2.45, 2.75) is 309 Å². The second-order valence-corrected chi connectivity index (χ2v) is 28.6. The Morgan fingerprint density at radius 1 is 0.355 bits per heavy atom. The summed E-state index contributed by atoms with van der Waals surface area (Å²) in [7, 11) is 0. The highest BCUT2D eigenvalue weighted by Crippen LogP contribution is 2.49.